The van der Waals surface area contributed by atoms with E-state index in [1.54, 1.807) is 20.8 Å². The molecule has 1 aliphatic heterocycles. The Bertz CT molecular complexity index is 1180. The van der Waals surface area contributed by atoms with E-state index in [1.165, 1.54) is 5.57 Å². The van der Waals surface area contributed by atoms with Crippen molar-refractivity contribution in [3.8, 4) is 0 Å². The van der Waals surface area contributed by atoms with Gasteiger partial charge in [-0.15, -0.1) is 0 Å². The Balaban J connectivity index is 1.37. The third kappa shape index (κ3) is 9.43. The van der Waals surface area contributed by atoms with Crippen molar-refractivity contribution < 1.29 is 32.3 Å². The maximum atomic E-state index is 13.9. The van der Waals surface area contributed by atoms with E-state index in [1.807, 2.05) is 18.2 Å². The third-order valence-corrected chi connectivity index (χ3v) is 8.74. The summed E-state index contributed by atoms with van der Waals surface area (Å²) in [6.45, 7) is 5.70. The summed E-state index contributed by atoms with van der Waals surface area (Å²) in [5, 5.41) is 7.45. The fraction of sp³-hybridized carbons (Fsp3) is 0.625. The average Bonchev–Trinajstić information content (AvgIpc) is 3.34. The first kappa shape index (κ1) is 32.8. The van der Waals surface area contributed by atoms with Gasteiger partial charge in [0.05, 0.1) is 23.8 Å². The molecular weight excluding hydrogens is 610 g/mol. The van der Waals surface area contributed by atoms with E-state index in [9.17, 15) is 13.6 Å². The predicted molar refractivity (Wildman–Crippen MR) is 161 cm³/mol. The minimum absolute atomic E-state index is 0.0148. The Hall–Kier alpha value is -2.14. The van der Waals surface area contributed by atoms with Gasteiger partial charge in [-0.25, -0.2) is 8.78 Å². The van der Waals surface area contributed by atoms with E-state index >= 15 is 0 Å². The van der Waals surface area contributed by atoms with Crippen LogP contribution in [0.2, 0.25) is 0 Å². The lowest BCUT2D eigenvalue weighted by Crippen LogP contribution is -2.31. The van der Waals surface area contributed by atoms with Crippen LogP contribution in [0.15, 0.2) is 56.6 Å². The number of rotatable bonds is 13. The molecule has 2 aliphatic carbocycles. The Kier molecular flexibility index (Phi) is 12.1. The number of amides is 1. The smallest absolute Gasteiger partial charge is 0.293 e. The van der Waals surface area contributed by atoms with E-state index in [2.05, 4.69) is 44.6 Å². The van der Waals surface area contributed by atoms with Gasteiger partial charge in [-0.05, 0) is 84.9 Å². The first-order valence-corrected chi connectivity index (χ1v) is 15.7. The van der Waals surface area contributed by atoms with Crippen LogP contribution in [-0.2, 0) is 19.0 Å². The second kappa shape index (κ2) is 15.5. The van der Waals surface area contributed by atoms with E-state index in [4.69, 9.17) is 18.7 Å². The molecule has 0 aromatic carbocycles. The quantitative estimate of drug-likeness (QED) is 0.231. The molecule has 232 valence electrons. The minimum Gasteiger partial charge on any atom is -0.381 e. The number of nitrogens with one attached hydrogen (secondary N) is 1. The Morgan fingerprint density at radius 3 is 2.86 bits per heavy atom. The zero-order valence-electron chi connectivity index (χ0n) is 24.8. The van der Waals surface area contributed by atoms with Crippen molar-refractivity contribution >= 4 is 21.8 Å². The van der Waals surface area contributed by atoms with Crippen LogP contribution in [0.1, 0.15) is 76.2 Å². The standard InChI is InChI=1S/C32H43BrF2N2O5/c1-21(2)41-20-32(34,35)19-40-17-24-10-8-23(9-11-24)16-26-13-15-39-18-28(26)30-29(33)31(42-37-30)27-7-5-4-6-25(27)12-14-36-22(3)38/h5,7-8,10-11,16,21,25-28H,4,6,9,12-15,17-20H2,1-3H3,(H,36,38). The van der Waals surface area contributed by atoms with Crippen LogP contribution in [-0.4, -0.2) is 62.7 Å². The van der Waals surface area contributed by atoms with Gasteiger partial charge in [0.2, 0.25) is 5.91 Å². The molecule has 0 saturated carbocycles. The fourth-order valence-electron chi connectivity index (χ4n) is 5.68. The second-order valence-electron chi connectivity index (χ2n) is 11.7. The number of aromatic nitrogens is 1. The summed E-state index contributed by atoms with van der Waals surface area (Å²) in [4.78, 5) is 11.4. The number of carbonyl (C=O) groups is 1. The number of hydrogen-bond donors (Lipinski definition) is 1. The molecule has 0 spiro atoms. The van der Waals surface area contributed by atoms with Crippen LogP contribution >= 0.6 is 15.9 Å². The van der Waals surface area contributed by atoms with Crippen LogP contribution in [0.3, 0.4) is 0 Å². The maximum absolute atomic E-state index is 13.9. The fourth-order valence-corrected chi connectivity index (χ4v) is 6.38. The van der Waals surface area contributed by atoms with Crippen LogP contribution in [0.25, 0.3) is 0 Å². The number of nitrogens with zero attached hydrogens (tertiary/aromatic N) is 1. The molecule has 10 heteroatoms. The summed E-state index contributed by atoms with van der Waals surface area (Å²) in [7, 11) is 0. The highest BCUT2D eigenvalue weighted by molar-refractivity contribution is 9.10. The molecule has 7 nitrogen and oxygen atoms in total. The van der Waals surface area contributed by atoms with Gasteiger partial charge in [0.25, 0.3) is 5.92 Å². The Labute approximate surface area is 255 Å². The average molecular weight is 654 g/mol. The lowest BCUT2D eigenvalue weighted by molar-refractivity contribution is -0.130. The van der Waals surface area contributed by atoms with E-state index < -0.39 is 19.1 Å². The van der Waals surface area contributed by atoms with Crippen LogP contribution in [0, 0.1) is 11.8 Å². The summed E-state index contributed by atoms with van der Waals surface area (Å²) >= 11 is 3.82. The van der Waals surface area contributed by atoms with Gasteiger partial charge in [0, 0.05) is 31.9 Å². The molecule has 2 heterocycles. The largest absolute Gasteiger partial charge is 0.381 e. The van der Waals surface area contributed by atoms with Gasteiger partial charge < -0.3 is 24.1 Å². The highest BCUT2D eigenvalue weighted by atomic mass is 79.9. The first-order chi connectivity index (χ1) is 20.1. The number of hydrogen-bond acceptors (Lipinski definition) is 6. The summed E-state index contributed by atoms with van der Waals surface area (Å²) in [5.41, 5.74) is 2.92. The van der Waals surface area contributed by atoms with E-state index in [-0.39, 0.29) is 36.4 Å². The molecule has 1 aromatic rings. The summed E-state index contributed by atoms with van der Waals surface area (Å²) in [6.07, 6.45) is 16.9. The molecule has 1 fully saturated rings. The van der Waals surface area contributed by atoms with Crippen molar-refractivity contribution in [2.45, 2.75) is 76.7 Å². The van der Waals surface area contributed by atoms with Crippen LogP contribution in [0.4, 0.5) is 8.78 Å². The van der Waals surface area contributed by atoms with Gasteiger partial charge in [-0.3, -0.25) is 4.79 Å². The van der Waals surface area contributed by atoms with Gasteiger partial charge >= 0.3 is 0 Å². The Morgan fingerprint density at radius 2 is 2.12 bits per heavy atom. The minimum atomic E-state index is -3.01. The summed E-state index contributed by atoms with van der Waals surface area (Å²) < 4.78 is 51.0. The molecule has 4 rings (SSSR count). The highest BCUT2D eigenvalue weighted by Crippen LogP contribution is 2.44. The lowest BCUT2D eigenvalue weighted by Gasteiger charge is -2.29. The Morgan fingerprint density at radius 1 is 1.29 bits per heavy atom. The third-order valence-electron chi connectivity index (χ3n) is 7.94. The first-order valence-electron chi connectivity index (χ1n) is 14.9. The van der Waals surface area contributed by atoms with Crippen molar-refractivity contribution in [1.29, 1.82) is 0 Å². The monoisotopic (exact) mass is 652 g/mol. The number of halogens is 3. The van der Waals surface area contributed by atoms with Crippen LogP contribution < -0.4 is 5.32 Å². The van der Waals surface area contributed by atoms with Crippen molar-refractivity contribution in [2.24, 2.45) is 11.8 Å². The summed E-state index contributed by atoms with van der Waals surface area (Å²) in [5.74, 6) is -1.48. The molecule has 4 atom stereocenters. The summed E-state index contributed by atoms with van der Waals surface area (Å²) in [6, 6.07) is 0. The molecule has 4 unspecified atom stereocenters. The molecule has 0 bridgehead atoms. The van der Waals surface area contributed by atoms with Crippen molar-refractivity contribution in [1.82, 2.24) is 10.5 Å². The zero-order valence-corrected chi connectivity index (χ0v) is 26.3. The second-order valence-corrected chi connectivity index (χ2v) is 12.5. The molecule has 1 N–H and O–H groups in total. The molecule has 1 aromatic heterocycles. The number of carbonyl (C=O) groups excluding carboxylic acids is 1. The predicted octanol–water partition coefficient (Wildman–Crippen LogP) is 7.02. The molecular formula is C32H43BrF2N2O5. The zero-order chi connectivity index (χ0) is 30.1. The number of alkyl halides is 2. The lowest BCUT2D eigenvalue weighted by atomic mass is 9.79. The molecule has 42 heavy (non-hydrogen) atoms. The molecule has 1 amide bonds. The van der Waals surface area contributed by atoms with Crippen molar-refractivity contribution in [3.63, 3.8) is 0 Å². The normalized spacial score (nSPS) is 25.7. The van der Waals surface area contributed by atoms with E-state index in [0.29, 0.717) is 32.1 Å². The van der Waals surface area contributed by atoms with Crippen LogP contribution in [0.5, 0.6) is 0 Å². The number of allylic oxidation sites excluding steroid dienone is 6. The van der Waals surface area contributed by atoms with Crippen molar-refractivity contribution in [2.75, 3.05) is 39.6 Å². The van der Waals surface area contributed by atoms with Gasteiger partial charge in [-0.1, -0.05) is 41.6 Å². The number of ether oxygens (including phenoxy) is 3. The topological polar surface area (TPSA) is 82.8 Å². The SMILES string of the molecule is CC(=O)NCCC1CCC=CC1c1onc(C2COCCC2C=C2C=CC(COCC(F)(F)COC(C)C)=CC2)c1Br. The van der Waals surface area contributed by atoms with Crippen molar-refractivity contribution in [3.05, 3.63) is 63.5 Å². The van der Waals surface area contributed by atoms with Gasteiger partial charge in [-0.2, -0.15) is 0 Å². The van der Waals surface area contributed by atoms with Gasteiger partial charge in [0.15, 0.2) is 5.76 Å². The maximum Gasteiger partial charge on any atom is 0.293 e. The molecule has 3 aliphatic rings. The molecule has 1 saturated heterocycles. The van der Waals surface area contributed by atoms with Gasteiger partial charge in [0.1, 0.15) is 18.9 Å². The highest BCUT2D eigenvalue weighted by Gasteiger charge is 2.35. The molecule has 0 radical (unpaired) electrons. The van der Waals surface area contributed by atoms with E-state index in [0.717, 1.165) is 47.2 Å².